The van der Waals surface area contributed by atoms with Gasteiger partial charge < -0.3 is 19.8 Å². The van der Waals surface area contributed by atoms with Crippen LogP contribution in [0.4, 0.5) is 13.2 Å². The molecule has 0 saturated carbocycles. The first-order valence-electron chi connectivity index (χ1n) is 12.1. The van der Waals surface area contributed by atoms with Crippen molar-refractivity contribution in [1.29, 1.82) is 0 Å². The highest BCUT2D eigenvalue weighted by molar-refractivity contribution is 7.98. The molecule has 200 valence electrons. The first kappa shape index (κ1) is 27.9. The molecule has 38 heavy (non-hydrogen) atoms. The van der Waals surface area contributed by atoms with Crippen molar-refractivity contribution >= 4 is 11.8 Å². The summed E-state index contributed by atoms with van der Waals surface area (Å²) < 4.78 is 44.4. The number of aliphatic hydroxyl groups excluding tert-OH is 2. The SMILES string of the molecule is Cc1noc(-c2ccc(-c3ccc(CCC(O)O)cc3)cc2)c1C(O)CSCc1cccc(C(F)(F)F)c1. The number of aryl methyl sites for hydroxylation is 2. The second kappa shape index (κ2) is 12.2. The molecule has 1 aromatic heterocycles. The number of nitrogens with zero attached hydrogens (tertiary/aromatic N) is 1. The van der Waals surface area contributed by atoms with Gasteiger partial charge in [0.1, 0.15) is 0 Å². The first-order valence-corrected chi connectivity index (χ1v) is 13.2. The zero-order valence-corrected chi connectivity index (χ0v) is 21.5. The Morgan fingerprint density at radius 2 is 1.50 bits per heavy atom. The van der Waals surface area contributed by atoms with Crippen LogP contribution in [0.25, 0.3) is 22.5 Å². The number of benzene rings is 3. The monoisotopic (exact) mass is 543 g/mol. The fourth-order valence-corrected chi connectivity index (χ4v) is 5.08. The van der Waals surface area contributed by atoms with E-state index in [-0.39, 0.29) is 12.2 Å². The van der Waals surface area contributed by atoms with Crippen LogP contribution in [0.1, 0.15) is 40.5 Å². The van der Waals surface area contributed by atoms with Gasteiger partial charge in [0, 0.05) is 23.5 Å². The molecule has 4 rings (SSSR count). The molecule has 0 aliphatic rings. The summed E-state index contributed by atoms with van der Waals surface area (Å²) in [6.07, 6.45) is -5.76. The molecular weight excluding hydrogens is 515 g/mol. The topological polar surface area (TPSA) is 86.7 Å². The molecule has 1 atom stereocenters. The molecule has 0 bridgehead atoms. The summed E-state index contributed by atoms with van der Waals surface area (Å²) in [6.45, 7) is 1.74. The highest BCUT2D eigenvalue weighted by atomic mass is 32.2. The first-order chi connectivity index (χ1) is 18.1. The number of halogens is 3. The summed E-state index contributed by atoms with van der Waals surface area (Å²) >= 11 is 1.34. The van der Waals surface area contributed by atoms with Crippen LogP contribution in [0.2, 0.25) is 0 Å². The van der Waals surface area contributed by atoms with Crippen molar-refractivity contribution < 1.29 is 33.0 Å². The third kappa shape index (κ3) is 7.05. The number of hydrogen-bond donors (Lipinski definition) is 3. The number of rotatable bonds is 10. The van der Waals surface area contributed by atoms with Crippen LogP contribution in [0, 0.1) is 6.92 Å². The van der Waals surface area contributed by atoms with Gasteiger partial charge >= 0.3 is 6.18 Å². The lowest BCUT2D eigenvalue weighted by Crippen LogP contribution is -2.05. The van der Waals surface area contributed by atoms with Crippen LogP contribution in [0.15, 0.2) is 77.3 Å². The van der Waals surface area contributed by atoms with E-state index in [0.29, 0.717) is 34.8 Å². The quantitative estimate of drug-likeness (QED) is 0.197. The van der Waals surface area contributed by atoms with Gasteiger partial charge in [-0.05, 0) is 41.7 Å². The van der Waals surface area contributed by atoms with Gasteiger partial charge in [-0.2, -0.15) is 24.9 Å². The summed E-state index contributed by atoms with van der Waals surface area (Å²) in [7, 11) is 0. The third-order valence-corrected chi connectivity index (χ3v) is 7.25. The van der Waals surface area contributed by atoms with Gasteiger partial charge in [-0.1, -0.05) is 71.9 Å². The third-order valence-electron chi connectivity index (χ3n) is 6.17. The second-order valence-corrected chi connectivity index (χ2v) is 10.1. The smallest absolute Gasteiger partial charge is 0.387 e. The molecule has 3 N–H and O–H groups in total. The van der Waals surface area contributed by atoms with Crippen LogP contribution in [0.5, 0.6) is 0 Å². The standard InChI is InChI=1S/C29H28F3NO4S/c1-18-27(25(34)17-38-16-20-3-2-4-24(15-20)29(30,31)32)28(37-33-18)23-12-10-22(11-13-23)21-8-5-19(6-9-21)7-14-26(35)36/h2-6,8-13,15,25-26,34-36H,7,14,16-17H2,1H3. The van der Waals surface area contributed by atoms with Crippen LogP contribution < -0.4 is 0 Å². The van der Waals surface area contributed by atoms with Gasteiger partial charge in [-0.3, -0.25) is 0 Å². The highest BCUT2D eigenvalue weighted by Gasteiger charge is 2.30. The van der Waals surface area contributed by atoms with Gasteiger partial charge in [-0.15, -0.1) is 0 Å². The van der Waals surface area contributed by atoms with E-state index in [1.54, 1.807) is 13.0 Å². The molecule has 1 unspecified atom stereocenters. The van der Waals surface area contributed by atoms with E-state index >= 15 is 0 Å². The van der Waals surface area contributed by atoms with E-state index in [1.165, 1.54) is 17.8 Å². The lowest BCUT2D eigenvalue weighted by Gasteiger charge is -2.12. The Bertz CT molecular complexity index is 1340. The Balaban J connectivity index is 1.42. The fourth-order valence-electron chi connectivity index (χ4n) is 4.16. The van der Waals surface area contributed by atoms with Gasteiger partial charge in [0.25, 0.3) is 0 Å². The summed E-state index contributed by atoms with van der Waals surface area (Å²) in [5, 5.41) is 33.0. The number of aliphatic hydroxyl groups is 3. The van der Waals surface area contributed by atoms with Crippen molar-refractivity contribution in [3.63, 3.8) is 0 Å². The second-order valence-electron chi connectivity index (χ2n) is 9.03. The molecule has 9 heteroatoms. The maximum absolute atomic E-state index is 13.0. The molecule has 0 saturated heterocycles. The Kier molecular flexibility index (Phi) is 8.94. The van der Waals surface area contributed by atoms with Crippen LogP contribution >= 0.6 is 11.8 Å². The molecule has 3 aromatic carbocycles. The van der Waals surface area contributed by atoms with E-state index in [0.717, 1.165) is 34.4 Å². The molecule has 0 spiro atoms. The predicted molar refractivity (Wildman–Crippen MR) is 141 cm³/mol. The number of hydrogen-bond acceptors (Lipinski definition) is 6. The van der Waals surface area contributed by atoms with Gasteiger partial charge in [0.2, 0.25) is 0 Å². The van der Waals surface area contributed by atoms with E-state index in [9.17, 15) is 18.3 Å². The van der Waals surface area contributed by atoms with Crippen molar-refractivity contribution in [2.24, 2.45) is 0 Å². The van der Waals surface area contributed by atoms with Crippen LogP contribution in [-0.2, 0) is 18.3 Å². The van der Waals surface area contributed by atoms with E-state index < -0.39 is 24.1 Å². The average Bonchev–Trinajstić information content (AvgIpc) is 3.29. The highest BCUT2D eigenvalue weighted by Crippen LogP contribution is 2.35. The van der Waals surface area contributed by atoms with Gasteiger partial charge in [-0.25, -0.2) is 0 Å². The van der Waals surface area contributed by atoms with E-state index in [4.69, 9.17) is 14.7 Å². The molecule has 0 aliphatic heterocycles. The molecule has 0 radical (unpaired) electrons. The molecule has 1 heterocycles. The van der Waals surface area contributed by atoms with Gasteiger partial charge in [0.15, 0.2) is 12.1 Å². The number of thioether (sulfide) groups is 1. The minimum absolute atomic E-state index is 0.267. The maximum atomic E-state index is 13.0. The van der Waals surface area contributed by atoms with Gasteiger partial charge in [0.05, 0.1) is 22.9 Å². The predicted octanol–water partition coefficient (Wildman–Crippen LogP) is 6.55. The molecule has 5 nitrogen and oxygen atoms in total. The molecule has 0 aliphatic carbocycles. The zero-order valence-electron chi connectivity index (χ0n) is 20.7. The normalized spacial score (nSPS) is 12.7. The zero-order chi connectivity index (χ0) is 27.3. The van der Waals surface area contributed by atoms with Crippen molar-refractivity contribution in [2.75, 3.05) is 5.75 Å². The molecule has 0 fully saturated rings. The largest absolute Gasteiger partial charge is 0.416 e. The lowest BCUT2D eigenvalue weighted by atomic mass is 9.98. The maximum Gasteiger partial charge on any atom is 0.416 e. The average molecular weight is 544 g/mol. The molecule has 0 amide bonds. The summed E-state index contributed by atoms with van der Waals surface area (Å²) in [5.41, 5.74) is 4.72. The molecular formula is C29H28F3NO4S. The minimum atomic E-state index is -4.39. The van der Waals surface area contributed by atoms with E-state index in [1.807, 2.05) is 48.5 Å². The lowest BCUT2D eigenvalue weighted by molar-refractivity contribution is -0.137. The Morgan fingerprint density at radius 1 is 0.868 bits per heavy atom. The minimum Gasteiger partial charge on any atom is -0.387 e. The summed E-state index contributed by atoms with van der Waals surface area (Å²) in [6, 6.07) is 20.7. The van der Waals surface area contributed by atoms with Crippen LogP contribution in [0.3, 0.4) is 0 Å². The fraction of sp³-hybridized carbons (Fsp3) is 0.276. The number of aromatic nitrogens is 1. The van der Waals surface area contributed by atoms with Crippen molar-refractivity contribution in [3.8, 4) is 22.5 Å². The summed E-state index contributed by atoms with van der Waals surface area (Å²) in [4.78, 5) is 0. The van der Waals surface area contributed by atoms with E-state index in [2.05, 4.69) is 5.16 Å². The van der Waals surface area contributed by atoms with Crippen molar-refractivity contribution in [1.82, 2.24) is 5.16 Å². The van der Waals surface area contributed by atoms with Crippen molar-refractivity contribution in [2.45, 2.75) is 44.1 Å². The Labute approximate surface area is 222 Å². The molecule has 4 aromatic rings. The Morgan fingerprint density at radius 3 is 2.13 bits per heavy atom. The summed E-state index contributed by atoms with van der Waals surface area (Å²) in [5.74, 6) is 1.05. The Hall–Kier alpha value is -3.11. The number of alkyl halides is 3. The van der Waals surface area contributed by atoms with Crippen molar-refractivity contribution in [3.05, 3.63) is 101 Å². The van der Waals surface area contributed by atoms with Crippen LogP contribution in [-0.4, -0.2) is 32.5 Å².